The van der Waals surface area contributed by atoms with Gasteiger partial charge in [0.1, 0.15) is 0 Å². The Morgan fingerprint density at radius 3 is 2.57 bits per heavy atom. The van der Waals surface area contributed by atoms with Crippen LogP contribution in [0.1, 0.15) is 26.2 Å². The molecule has 0 atom stereocenters. The minimum atomic E-state index is 1.10. The van der Waals surface area contributed by atoms with Crippen molar-refractivity contribution in [3.8, 4) is 0 Å². The van der Waals surface area contributed by atoms with E-state index in [0.29, 0.717) is 0 Å². The number of aromatic nitrogens is 1. The minimum absolute atomic E-state index is 1.10. The second-order valence-electron chi connectivity index (χ2n) is 4.16. The molecule has 2 heterocycles. The van der Waals surface area contributed by atoms with Crippen molar-refractivity contribution in [2.24, 2.45) is 0 Å². The lowest BCUT2D eigenvalue weighted by Gasteiger charge is -2.38. The molecule has 1 aliphatic rings. The van der Waals surface area contributed by atoms with Gasteiger partial charge in [-0.05, 0) is 32.3 Å². The van der Waals surface area contributed by atoms with Gasteiger partial charge in [0.05, 0.1) is 19.6 Å². The van der Waals surface area contributed by atoms with Gasteiger partial charge in [-0.3, -0.25) is 4.48 Å². The highest BCUT2D eigenvalue weighted by Gasteiger charge is 2.31. The average molecular weight is 191 g/mol. The molecule has 0 N–H and O–H groups in total. The van der Waals surface area contributed by atoms with Crippen LogP contribution in [0.5, 0.6) is 0 Å². The lowest BCUT2D eigenvalue weighted by atomic mass is 10.1. The van der Waals surface area contributed by atoms with Crippen LogP contribution in [0.2, 0.25) is 0 Å². The summed E-state index contributed by atoms with van der Waals surface area (Å²) >= 11 is 0. The van der Waals surface area contributed by atoms with Gasteiger partial charge in [0.15, 0.2) is 0 Å². The van der Waals surface area contributed by atoms with E-state index in [1.165, 1.54) is 44.7 Å². The fourth-order valence-electron chi connectivity index (χ4n) is 2.46. The Balaban J connectivity index is 2.27. The molecule has 1 aliphatic heterocycles. The van der Waals surface area contributed by atoms with Crippen LogP contribution in [-0.4, -0.2) is 24.6 Å². The van der Waals surface area contributed by atoms with Gasteiger partial charge in [0.2, 0.25) is 5.82 Å². The highest BCUT2D eigenvalue weighted by atomic mass is 15.4. The third kappa shape index (κ3) is 1.67. The van der Waals surface area contributed by atoms with Gasteiger partial charge in [0, 0.05) is 12.3 Å². The smallest absolute Gasteiger partial charge is 0.227 e. The Morgan fingerprint density at radius 1 is 1.21 bits per heavy atom. The van der Waals surface area contributed by atoms with E-state index in [0.717, 1.165) is 4.48 Å². The number of hydrogen-bond acceptors (Lipinski definition) is 1. The zero-order valence-electron chi connectivity index (χ0n) is 8.95. The second-order valence-corrected chi connectivity index (χ2v) is 4.16. The molecule has 0 radical (unpaired) electrons. The number of pyridine rings is 1. The quantitative estimate of drug-likeness (QED) is 0.655. The summed E-state index contributed by atoms with van der Waals surface area (Å²) in [4.78, 5) is 4.52. The van der Waals surface area contributed by atoms with Crippen molar-refractivity contribution in [1.82, 2.24) is 9.47 Å². The number of likely N-dealkylation sites (tertiary alicyclic amines) is 1. The number of hydrogen-bond donors (Lipinski definition) is 0. The minimum Gasteiger partial charge on any atom is -0.275 e. The van der Waals surface area contributed by atoms with Gasteiger partial charge in [-0.1, -0.05) is 6.07 Å². The Morgan fingerprint density at radius 2 is 2.00 bits per heavy atom. The zero-order chi connectivity index (χ0) is 9.86. The Kier molecular flexibility index (Phi) is 2.82. The molecule has 14 heavy (non-hydrogen) atoms. The van der Waals surface area contributed by atoms with E-state index in [2.05, 4.69) is 24.0 Å². The normalized spacial score (nSPS) is 20.6. The van der Waals surface area contributed by atoms with Crippen LogP contribution >= 0.6 is 0 Å². The van der Waals surface area contributed by atoms with Gasteiger partial charge < -0.3 is 0 Å². The largest absolute Gasteiger partial charge is 0.275 e. The predicted molar refractivity (Wildman–Crippen MR) is 60.2 cm³/mol. The first-order valence-corrected chi connectivity index (χ1v) is 5.65. The van der Waals surface area contributed by atoms with Gasteiger partial charge in [-0.2, -0.15) is 0 Å². The van der Waals surface area contributed by atoms with Crippen LogP contribution in [0.4, 0.5) is 5.82 Å². The molecule has 2 rings (SSSR count). The molecule has 0 aromatic carbocycles. The molecule has 1 saturated heterocycles. The first-order chi connectivity index (χ1) is 6.87. The lowest BCUT2D eigenvalue weighted by Crippen LogP contribution is -2.53. The van der Waals surface area contributed by atoms with Gasteiger partial charge >= 0.3 is 0 Å². The van der Waals surface area contributed by atoms with Crippen LogP contribution in [0.15, 0.2) is 24.4 Å². The molecule has 0 amide bonds. The molecule has 0 spiro atoms. The Hall–Kier alpha value is -0.890. The van der Waals surface area contributed by atoms with Crippen molar-refractivity contribution in [2.75, 3.05) is 19.6 Å². The summed E-state index contributed by atoms with van der Waals surface area (Å²) in [5.74, 6) is 1.26. The zero-order valence-corrected chi connectivity index (χ0v) is 8.95. The van der Waals surface area contributed by atoms with Crippen LogP contribution < -0.4 is 4.48 Å². The summed E-state index contributed by atoms with van der Waals surface area (Å²) in [7, 11) is 0. The molecule has 2 heteroatoms. The average Bonchev–Trinajstić information content (AvgIpc) is 2.31. The van der Waals surface area contributed by atoms with E-state index < -0.39 is 0 Å². The molecule has 76 valence electrons. The number of nitrogens with zero attached hydrogens (tertiary/aromatic N) is 2. The van der Waals surface area contributed by atoms with Crippen molar-refractivity contribution in [1.29, 1.82) is 0 Å². The fourth-order valence-corrected chi connectivity index (χ4v) is 2.46. The topological polar surface area (TPSA) is 12.9 Å². The monoisotopic (exact) mass is 191 g/mol. The van der Waals surface area contributed by atoms with E-state index in [1.807, 2.05) is 12.3 Å². The first kappa shape index (κ1) is 9.66. The molecular weight excluding hydrogens is 172 g/mol. The predicted octanol–water partition coefficient (Wildman–Crippen LogP) is 2.59. The number of rotatable bonds is 2. The van der Waals surface area contributed by atoms with Gasteiger partial charge in [-0.25, -0.2) is 4.98 Å². The molecule has 2 nitrogen and oxygen atoms in total. The first-order valence-electron chi connectivity index (χ1n) is 5.65. The van der Waals surface area contributed by atoms with E-state index in [9.17, 15) is 0 Å². The molecule has 0 unspecified atom stereocenters. The van der Waals surface area contributed by atoms with Crippen molar-refractivity contribution < 1.29 is 0 Å². The molecule has 0 aliphatic carbocycles. The third-order valence-corrected chi connectivity index (χ3v) is 3.41. The van der Waals surface area contributed by atoms with Crippen molar-refractivity contribution in [3.63, 3.8) is 0 Å². The fraction of sp³-hybridized carbons (Fsp3) is 0.583. The summed E-state index contributed by atoms with van der Waals surface area (Å²) < 4.78 is 1.10. The maximum Gasteiger partial charge on any atom is 0.227 e. The van der Waals surface area contributed by atoms with Crippen LogP contribution in [0, 0.1) is 0 Å². The summed E-state index contributed by atoms with van der Waals surface area (Å²) in [6, 6.07) is 6.28. The van der Waals surface area contributed by atoms with Crippen molar-refractivity contribution in [2.45, 2.75) is 26.2 Å². The van der Waals surface area contributed by atoms with E-state index >= 15 is 0 Å². The Labute approximate surface area is 86.2 Å². The molecule has 1 fully saturated rings. The van der Waals surface area contributed by atoms with E-state index in [4.69, 9.17) is 0 Å². The van der Waals surface area contributed by atoms with Crippen molar-refractivity contribution in [3.05, 3.63) is 24.4 Å². The second kappa shape index (κ2) is 4.09. The van der Waals surface area contributed by atoms with E-state index in [1.54, 1.807) is 0 Å². The summed E-state index contributed by atoms with van der Waals surface area (Å²) in [5, 5.41) is 0. The number of piperidine rings is 1. The number of quaternary nitrogens is 1. The molecule has 1 aromatic rings. The molecule has 0 saturated carbocycles. The molecule has 1 aromatic heterocycles. The van der Waals surface area contributed by atoms with Crippen LogP contribution in [-0.2, 0) is 0 Å². The highest BCUT2D eigenvalue weighted by Crippen LogP contribution is 2.25. The van der Waals surface area contributed by atoms with Crippen LogP contribution in [0.3, 0.4) is 0 Å². The lowest BCUT2D eigenvalue weighted by molar-refractivity contribution is 0.233. The van der Waals surface area contributed by atoms with Gasteiger partial charge in [-0.15, -0.1) is 0 Å². The molecule has 0 bridgehead atoms. The van der Waals surface area contributed by atoms with Crippen molar-refractivity contribution >= 4 is 5.82 Å². The summed E-state index contributed by atoms with van der Waals surface area (Å²) in [6.45, 7) is 6.00. The highest BCUT2D eigenvalue weighted by molar-refractivity contribution is 5.33. The van der Waals surface area contributed by atoms with E-state index in [-0.39, 0.29) is 0 Å². The maximum absolute atomic E-state index is 4.52. The molecular formula is C12H19N2+. The SMILES string of the molecule is CC[N+]1(c2ccccn2)CCCCC1. The van der Waals surface area contributed by atoms with Crippen LogP contribution in [0.25, 0.3) is 0 Å². The van der Waals surface area contributed by atoms with Gasteiger partial charge in [0.25, 0.3) is 0 Å². The Bertz CT molecular complexity index is 276. The third-order valence-electron chi connectivity index (χ3n) is 3.41. The summed E-state index contributed by atoms with van der Waals surface area (Å²) in [6.07, 6.45) is 6.02. The summed E-state index contributed by atoms with van der Waals surface area (Å²) in [5.41, 5.74) is 0. The standard InChI is InChI=1S/C12H19N2/c1-2-14(10-6-3-7-11-14)12-8-4-5-9-13-12/h4-5,8-9H,2-3,6-7,10-11H2,1H3/q+1. The maximum atomic E-state index is 4.52.